The third-order valence-corrected chi connectivity index (χ3v) is 3.15. The quantitative estimate of drug-likeness (QED) is 0.848. The first-order valence-electron chi connectivity index (χ1n) is 5.20. The molecule has 1 amide bonds. The molecule has 0 bridgehead atoms. The van der Waals surface area contributed by atoms with Crippen LogP contribution in [0, 0.1) is 6.92 Å². The molecule has 16 heavy (non-hydrogen) atoms. The predicted octanol–water partition coefficient (Wildman–Crippen LogP) is 3.50. The topological polar surface area (TPSA) is 29.1 Å². The molecule has 0 aliphatic rings. The summed E-state index contributed by atoms with van der Waals surface area (Å²) < 4.78 is 0.913. The van der Waals surface area contributed by atoms with Crippen molar-refractivity contribution in [3.05, 3.63) is 33.8 Å². The lowest BCUT2D eigenvalue weighted by molar-refractivity contribution is 0.0939. The molecular formula is C12H15BrClNO. The van der Waals surface area contributed by atoms with E-state index in [1.807, 2.05) is 32.0 Å². The summed E-state index contributed by atoms with van der Waals surface area (Å²) in [6, 6.07) is 5.67. The van der Waals surface area contributed by atoms with Crippen LogP contribution in [0.1, 0.15) is 29.3 Å². The van der Waals surface area contributed by atoms with E-state index in [1.165, 1.54) is 0 Å². The van der Waals surface area contributed by atoms with Gasteiger partial charge < -0.3 is 5.32 Å². The Morgan fingerprint density at radius 2 is 2.19 bits per heavy atom. The van der Waals surface area contributed by atoms with Crippen molar-refractivity contribution in [3.8, 4) is 0 Å². The van der Waals surface area contributed by atoms with Gasteiger partial charge in [0.05, 0.1) is 0 Å². The normalized spacial score (nSPS) is 12.2. The zero-order chi connectivity index (χ0) is 12.1. The average Bonchev–Trinajstić information content (AvgIpc) is 2.24. The van der Waals surface area contributed by atoms with E-state index >= 15 is 0 Å². The molecule has 1 aromatic carbocycles. The van der Waals surface area contributed by atoms with Gasteiger partial charge in [-0.2, -0.15) is 0 Å². The summed E-state index contributed by atoms with van der Waals surface area (Å²) in [4.78, 5) is 11.9. The van der Waals surface area contributed by atoms with Crippen molar-refractivity contribution in [2.45, 2.75) is 26.3 Å². The van der Waals surface area contributed by atoms with Crippen LogP contribution in [0.5, 0.6) is 0 Å². The number of carbonyl (C=O) groups is 1. The fourth-order valence-electron chi connectivity index (χ4n) is 1.39. The summed E-state index contributed by atoms with van der Waals surface area (Å²) in [5, 5.41) is 2.90. The Hall–Kier alpha value is -0.540. The first-order valence-corrected chi connectivity index (χ1v) is 6.53. The third kappa shape index (κ3) is 3.80. The number of hydrogen-bond donors (Lipinski definition) is 1. The Labute approximate surface area is 110 Å². The summed E-state index contributed by atoms with van der Waals surface area (Å²) in [6.45, 7) is 3.96. The minimum Gasteiger partial charge on any atom is -0.348 e. The molecule has 0 heterocycles. The largest absolute Gasteiger partial charge is 0.348 e. The van der Waals surface area contributed by atoms with Gasteiger partial charge in [0.25, 0.3) is 5.91 Å². The Balaban J connectivity index is 2.80. The van der Waals surface area contributed by atoms with Gasteiger partial charge in [0.1, 0.15) is 0 Å². The number of benzene rings is 1. The van der Waals surface area contributed by atoms with E-state index in [2.05, 4.69) is 21.2 Å². The van der Waals surface area contributed by atoms with Crippen molar-refractivity contribution in [1.29, 1.82) is 0 Å². The molecule has 1 aromatic rings. The molecule has 0 aromatic heterocycles. The maximum atomic E-state index is 11.9. The summed E-state index contributed by atoms with van der Waals surface area (Å²) in [5.41, 5.74) is 1.72. The van der Waals surface area contributed by atoms with Gasteiger partial charge in [0.2, 0.25) is 0 Å². The van der Waals surface area contributed by atoms with Crippen molar-refractivity contribution in [2.24, 2.45) is 0 Å². The minimum absolute atomic E-state index is 0.0356. The highest BCUT2D eigenvalue weighted by Crippen LogP contribution is 2.15. The van der Waals surface area contributed by atoms with Crippen LogP contribution in [0.4, 0.5) is 0 Å². The molecule has 4 heteroatoms. The van der Waals surface area contributed by atoms with Crippen molar-refractivity contribution in [2.75, 3.05) is 5.88 Å². The van der Waals surface area contributed by atoms with Gasteiger partial charge in [0.15, 0.2) is 0 Å². The van der Waals surface area contributed by atoms with E-state index in [9.17, 15) is 4.79 Å². The van der Waals surface area contributed by atoms with Crippen LogP contribution in [0.15, 0.2) is 22.7 Å². The molecule has 0 saturated heterocycles. The van der Waals surface area contributed by atoms with Crippen LogP contribution in [0.2, 0.25) is 0 Å². The van der Waals surface area contributed by atoms with Gasteiger partial charge in [-0.25, -0.2) is 0 Å². The monoisotopic (exact) mass is 303 g/mol. The van der Waals surface area contributed by atoms with Crippen molar-refractivity contribution in [3.63, 3.8) is 0 Å². The van der Waals surface area contributed by atoms with E-state index in [0.717, 1.165) is 16.5 Å². The summed E-state index contributed by atoms with van der Waals surface area (Å²) in [5.74, 6) is 0.367. The van der Waals surface area contributed by atoms with Gasteiger partial charge in [-0.15, -0.1) is 11.6 Å². The van der Waals surface area contributed by atoms with Crippen LogP contribution in [-0.2, 0) is 0 Å². The smallest absolute Gasteiger partial charge is 0.251 e. The molecule has 1 unspecified atom stereocenters. The maximum Gasteiger partial charge on any atom is 0.251 e. The summed E-state index contributed by atoms with van der Waals surface area (Å²) in [6.07, 6.45) is 0.836. The van der Waals surface area contributed by atoms with Crippen LogP contribution >= 0.6 is 27.5 Å². The molecule has 0 spiro atoms. The Morgan fingerprint density at radius 3 is 2.69 bits per heavy atom. The Bertz CT molecular complexity index is 357. The van der Waals surface area contributed by atoms with E-state index in [4.69, 9.17) is 11.6 Å². The highest BCUT2D eigenvalue weighted by molar-refractivity contribution is 9.10. The molecule has 0 fully saturated rings. The van der Waals surface area contributed by atoms with E-state index in [-0.39, 0.29) is 11.9 Å². The molecule has 2 nitrogen and oxygen atoms in total. The number of nitrogens with one attached hydrogen (secondary N) is 1. The van der Waals surface area contributed by atoms with Gasteiger partial charge >= 0.3 is 0 Å². The lowest BCUT2D eigenvalue weighted by atomic mass is 10.1. The van der Waals surface area contributed by atoms with E-state index < -0.39 is 0 Å². The molecule has 1 N–H and O–H groups in total. The van der Waals surface area contributed by atoms with Gasteiger partial charge in [-0.3, -0.25) is 4.79 Å². The van der Waals surface area contributed by atoms with Gasteiger partial charge in [0, 0.05) is 22.0 Å². The van der Waals surface area contributed by atoms with E-state index in [1.54, 1.807) is 0 Å². The minimum atomic E-state index is -0.0723. The third-order valence-electron chi connectivity index (χ3n) is 2.32. The van der Waals surface area contributed by atoms with Crippen molar-refractivity contribution in [1.82, 2.24) is 5.32 Å². The second kappa shape index (κ2) is 6.26. The van der Waals surface area contributed by atoms with Crippen LogP contribution in [0.25, 0.3) is 0 Å². The predicted molar refractivity (Wildman–Crippen MR) is 71.1 cm³/mol. The molecule has 0 aliphatic carbocycles. The fraction of sp³-hybridized carbons (Fsp3) is 0.417. The fourth-order valence-corrected chi connectivity index (χ4v) is 2.29. The molecule has 0 radical (unpaired) electrons. The number of alkyl halides is 1. The zero-order valence-electron chi connectivity index (χ0n) is 9.39. The molecular weight excluding hydrogens is 289 g/mol. The van der Waals surface area contributed by atoms with Crippen LogP contribution < -0.4 is 5.32 Å². The number of rotatable bonds is 4. The standard InChI is InChI=1S/C12H15BrClNO/c1-3-11(7-14)15-12(16)9-4-8(2)5-10(13)6-9/h4-6,11H,3,7H2,1-2H3,(H,15,16). The first kappa shape index (κ1) is 13.5. The zero-order valence-corrected chi connectivity index (χ0v) is 11.7. The highest BCUT2D eigenvalue weighted by Gasteiger charge is 2.11. The number of halogens is 2. The van der Waals surface area contributed by atoms with Crippen molar-refractivity contribution < 1.29 is 4.79 Å². The Kier molecular flexibility index (Phi) is 5.29. The highest BCUT2D eigenvalue weighted by atomic mass is 79.9. The molecule has 0 saturated carbocycles. The Morgan fingerprint density at radius 1 is 1.50 bits per heavy atom. The molecule has 1 atom stereocenters. The number of carbonyl (C=O) groups excluding carboxylic acids is 1. The SMILES string of the molecule is CCC(CCl)NC(=O)c1cc(C)cc(Br)c1. The van der Waals surface area contributed by atoms with Crippen LogP contribution in [-0.4, -0.2) is 17.8 Å². The lowest BCUT2D eigenvalue weighted by Crippen LogP contribution is -2.35. The number of aryl methyl sites for hydroxylation is 1. The maximum absolute atomic E-state index is 11.9. The lowest BCUT2D eigenvalue weighted by Gasteiger charge is -2.14. The second-order valence-electron chi connectivity index (χ2n) is 3.75. The van der Waals surface area contributed by atoms with Crippen molar-refractivity contribution >= 4 is 33.4 Å². The summed E-state index contributed by atoms with van der Waals surface area (Å²) >= 11 is 9.11. The molecule has 0 aliphatic heterocycles. The summed E-state index contributed by atoms with van der Waals surface area (Å²) in [7, 11) is 0. The van der Waals surface area contributed by atoms with Gasteiger partial charge in [-0.05, 0) is 37.1 Å². The molecule has 88 valence electrons. The van der Waals surface area contributed by atoms with Gasteiger partial charge in [-0.1, -0.05) is 22.9 Å². The van der Waals surface area contributed by atoms with Crippen LogP contribution in [0.3, 0.4) is 0 Å². The number of hydrogen-bond acceptors (Lipinski definition) is 1. The molecule has 1 rings (SSSR count). The number of amides is 1. The average molecular weight is 305 g/mol. The second-order valence-corrected chi connectivity index (χ2v) is 4.97. The van der Waals surface area contributed by atoms with E-state index in [0.29, 0.717) is 11.4 Å². The first-order chi connectivity index (χ1) is 7.56.